The highest BCUT2D eigenvalue weighted by Gasteiger charge is 2.52. The Labute approximate surface area is 170 Å². The summed E-state index contributed by atoms with van der Waals surface area (Å²) in [6.45, 7) is 0.600. The van der Waals surface area contributed by atoms with Gasteiger partial charge in [-0.3, -0.25) is 9.59 Å². The largest absolute Gasteiger partial charge is 0.495 e. The fourth-order valence-corrected chi connectivity index (χ4v) is 4.29. The SMILES string of the molecule is COC[C@@H](N)C(=O)N1C[C@@H]2C[C@H]1C(=O)N2c1cc(-c2ccccc2)ccc1OC. The number of rotatable bonds is 6. The summed E-state index contributed by atoms with van der Waals surface area (Å²) in [6.07, 6.45) is 0.600. The molecule has 3 atom stereocenters. The second kappa shape index (κ2) is 7.85. The topological polar surface area (TPSA) is 85.1 Å². The van der Waals surface area contributed by atoms with Crippen LogP contribution in [0.3, 0.4) is 0 Å². The first-order chi connectivity index (χ1) is 14.0. The van der Waals surface area contributed by atoms with Gasteiger partial charge < -0.3 is 25.0 Å². The number of hydrogen-bond donors (Lipinski definition) is 1. The summed E-state index contributed by atoms with van der Waals surface area (Å²) in [7, 11) is 3.10. The van der Waals surface area contributed by atoms with Crippen LogP contribution in [-0.2, 0) is 14.3 Å². The summed E-state index contributed by atoms with van der Waals surface area (Å²) in [4.78, 5) is 29.2. The van der Waals surface area contributed by atoms with Crippen LogP contribution in [0.4, 0.5) is 5.69 Å². The molecule has 2 fully saturated rings. The molecule has 7 nitrogen and oxygen atoms in total. The normalized spacial score (nSPS) is 21.6. The molecule has 29 heavy (non-hydrogen) atoms. The van der Waals surface area contributed by atoms with Crippen LogP contribution < -0.4 is 15.4 Å². The Morgan fingerprint density at radius 2 is 1.93 bits per heavy atom. The average Bonchev–Trinajstić information content (AvgIpc) is 3.31. The smallest absolute Gasteiger partial charge is 0.250 e. The Balaban J connectivity index is 1.62. The molecule has 2 bridgehead atoms. The average molecular weight is 395 g/mol. The fraction of sp³-hybridized carbons (Fsp3) is 0.364. The van der Waals surface area contributed by atoms with E-state index in [0.717, 1.165) is 16.8 Å². The first kappa shape index (κ1) is 19.4. The quantitative estimate of drug-likeness (QED) is 0.804. The lowest BCUT2D eigenvalue weighted by Crippen LogP contribution is -2.56. The maximum Gasteiger partial charge on any atom is 0.250 e. The Morgan fingerprint density at radius 3 is 2.59 bits per heavy atom. The van der Waals surface area contributed by atoms with Crippen LogP contribution in [-0.4, -0.2) is 62.2 Å². The number of fused-ring (bicyclic) bond motifs is 2. The zero-order valence-corrected chi connectivity index (χ0v) is 16.6. The number of amides is 2. The lowest BCUT2D eigenvalue weighted by Gasteiger charge is -2.35. The van der Waals surface area contributed by atoms with Crippen molar-refractivity contribution in [2.45, 2.75) is 24.5 Å². The molecule has 4 rings (SSSR count). The monoisotopic (exact) mass is 395 g/mol. The predicted octanol–water partition coefficient (Wildman–Crippen LogP) is 1.65. The van der Waals surface area contributed by atoms with Crippen molar-refractivity contribution in [2.75, 3.05) is 32.3 Å². The van der Waals surface area contributed by atoms with Crippen LogP contribution in [0.2, 0.25) is 0 Å². The van der Waals surface area contributed by atoms with Gasteiger partial charge in [0, 0.05) is 13.7 Å². The van der Waals surface area contributed by atoms with Crippen LogP contribution in [0, 0.1) is 0 Å². The first-order valence-corrected chi connectivity index (χ1v) is 9.66. The van der Waals surface area contributed by atoms with Gasteiger partial charge in [0.2, 0.25) is 11.8 Å². The van der Waals surface area contributed by atoms with Gasteiger partial charge in [-0.2, -0.15) is 0 Å². The Kier molecular flexibility index (Phi) is 5.25. The maximum absolute atomic E-state index is 13.2. The van der Waals surface area contributed by atoms with E-state index in [0.29, 0.717) is 18.7 Å². The number of nitrogens with zero attached hydrogens (tertiary/aromatic N) is 2. The number of likely N-dealkylation sites (tertiary alicyclic amines) is 1. The number of benzene rings is 2. The van der Waals surface area contributed by atoms with Crippen LogP contribution in [0.25, 0.3) is 11.1 Å². The third-order valence-electron chi connectivity index (χ3n) is 5.66. The molecule has 0 aliphatic carbocycles. The van der Waals surface area contributed by atoms with Gasteiger partial charge in [-0.1, -0.05) is 36.4 Å². The molecular weight excluding hydrogens is 370 g/mol. The predicted molar refractivity (Wildman–Crippen MR) is 110 cm³/mol. The minimum Gasteiger partial charge on any atom is -0.495 e. The van der Waals surface area contributed by atoms with E-state index in [2.05, 4.69) is 0 Å². The van der Waals surface area contributed by atoms with Crippen molar-refractivity contribution >= 4 is 17.5 Å². The number of piperazine rings is 1. The van der Waals surface area contributed by atoms with Crippen molar-refractivity contribution in [3.05, 3.63) is 48.5 Å². The Morgan fingerprint density at radius 1 is 1.17 bits per heavy atom. The lowest BCUT2D eigenvalue weighted by atomic mass is 10.0. The molecule has 2 aromatic carbocycles. The molecular formula is C22H25N3O4. The minimum atomic E-state index is -0.753. The number of carbonyl (C=O) groups excluding carboxylic acids is 2. The van der Waals surface area contributed by atoms with Crippen LogP contribution in [0.5, 0.6) is 5.75 Å². The summed E-state index contributed by atoms with van der Waals surface area (Å²) in [6, 6.07) is 14.5. The summed E-state index contributed by atoms with van der Waals surface area (Å²) in [5.41, 5.74) is 8.71. The molecule has 0 saturated carbocycles. The van der Waals surface area contributed by atoms with Gasteiger partial charge in [0.1, 0.15) is 17.8 Å². The number of methoxy groups -OCH3 is 2. The van der Waals surface area contributed by atoms with Crippen molar-refractivity contribution < 1.29 is 19.1 Å². The van der Waals surface area contributed by atoms with Crippen molar-refractivity contribution in [1.29, 1.82) is 0 Å². The van der Waals surface area contributed by atoms with E-state index in [1.165, 1.54) is 7.11 Å². The van der Waals surface area contributed by atoms with E-state index in [9.17, 15) is 9.59 Å². The second-order valence-corrected chi connectivity index (χ2v) is 7.42. The standard InChI is InChI=1S/C22H25N3O4/c1-28-13-17(23)21(26)24-12-16-11-19(24)22(27)25(16)18-10-15(8-9-20(18)29-2)14-6-4-3-5-7-14/h3-10,16-17,19H,11-13,23H2,1-2H3/t16-,17+,19-/m0/s1. The highest BCUT2D eigenvalue weighted by Crippen LogP contribution is 2.41. The summed E-state index contributed by atoms with van der Waals surface area (Å²) in [5.74, 6) is 0.305. The van der Waals surface area contributed by atoms with Crippen molar-refractivity contribution in [1.82, 2.24) is 4.90 Å². The molecule has 2 aliphatic rings. The lowest BCUT2D eigenvalue weighted by molar-refractivity contribution is -0.140. The van der Waals surface area contributed by atoms with Gasteiger partial charge in [0.25, 0.3) is 0 Å². The van der Waals surface area contributed by atoms with E-state index in [-0.39, 0.29) is 24.5 Å². The molecule has 2 aliphatic heterocycles. The molecule has 2 N–H and O–H groups in total. The minimum absolute atomic E-state index is 0.0916. The zero-order chi connectivity index (χ0) is 20.5. The summed E-state index contributed by atoms with van der Waals surface area (Å²) >= 11 is 0. The molecule has 2 saturated heterocycles. The third kappa shape index (κ3) is 3.36. The third-order valence-corrected chi connectivity index (χ3v) is 5.66. The highest BCUT2D eigenvalue weighted by atomic mass is 16.5. The first-order valence-electron chi connectivity index (χ1n) is 9.66. The molecule has 7 heteroatoms. The fourth-order valence-electron chi connectivity index (χ4n) is 4.29. The summed E-state index contributed by atoms with van der Waals surface area (Å²) in [5, 5.41) is 0. The van der Waals surface area contributed by atoms with Gasteiger partial charge in [-0.25, -0.2) is 0 Å². The molecule has 152 valence electrons. The number of ether oxygens (including phenoxy) is 2. The molecule has 0 spiro atoms. The van der Waals surface area contributed by atoms with Crippen LogP contribution >= 0.6 is 0 Å². The molecule has 2 aromatic rings. The van der Waals surface area contributed by atoms with E-state index < -0.39 is 12.1 Å². The maximum atomic E-state index is 13.2. The summed E-state index contributed by atoms with van der Waals surface area (Å²) < 4.78 is 10.5. The number of nitrogens with two attached hydrogens (primary N) is 1. The molecule has 0 radical (unpaired) electrons. The van der Waals surface area contributed by atoms with E-state index >= 15 is 0 Å². The number of carbonyl (C=O) groups is 2. The van der Waals surface area contributed by atoms with Gasteiger partial charge in [-0.15, -0.1) is 0 Å². The van der Waals surface area contributed by atoms with Gasteiger partial charge in [0.05, 0.1) is 25.4 Å². The van der Waals surface area contributed by atoms with Gasteiger partial charge in [-0.05, 0) is 29.7 Å². The molecule has 0 unspecified atom stereocenters. The van der Waals surface area contributed by atoms with Crippen molar-refractivity contribution in [3.63, 3.8) is 0 Å². The molecule has 0 aromatic heterocycles. The van der Waals surface area contributed by atoms with E-state index in [1.54, 1.807) is 16.9 Å². The Bertz CT molecular complexity index is 918. The van der Waals surface area contributed by atoms with Crippen LogP contribution in [0.1, 0.15) is 6.42 Å². The van der Waals surface area contributed by atoms with E-state index in [4.69, 9.17) is 15.2 Å². The second-order valence-electron chi connectivity index (χ2n) is 7.42. The zero-order valence-electron chi connectivity index (χ0n) is 16.6. The number of anilines is 1. The highest BCUT2D eigenvalue weighted by molar-refractivity contribution is 6.05. The van der Waals surface area contributed by atoms with Gasteiger partial charge >= 0.3 is 0 Å². The molecule has 2 amide bonds. The van der Waals surface area contributed by atoms with E-state index in [1.807, 2.05) is 48.5 Å². The van der Waals surface area contributed by atoms with Crippen LogP contribution in [0.15, 0.2) is 48.5 Å². The van der Waals surface area contributed by atoms with Crippen molar-refractivity contribution in [3.8, 4) is 16.9 Å². The molecule has 2 heterocycles. The Hall–Kier alpha value is -2.90. The van der Waals surface area contributed by atoms with Crippen molar-refractivity contribution in [2.24, 2.45) is 5.73 Å². The number of hydrogen-bond acceptors (Lipinski definition) is 5. The van der Waals surface area contributed by atoms with Gasteiger partial charge in [0.15, 0.2) is 0 Å².